The fraction of sp³-hybridized carbons (Fsp3) is 0.936. The number of esters is 2. The normalized spacial score (nSPS) is 14.7. The van der Waals surface area contributed by atoms with Crippen LogP contribution in [0.4, 0.5) is 0 Å². The molecular formula is C47H92N4O4S. The van der Waals surface area contributed by atoms with Crippen molar-refractivity contribution in [2.75, 3.05) is 72.6 Å². The van der Waals surface area contributed by atoms with Crippen LogP contribution in [0.5, 0.6) is 0 Å². The highest BCUT2D eigenvalue weighted by molar-refractivity contribution is 7.80. The third-order valence-corrected chi connectivity index (χ3v) is 12.1. The predicted molar refractivity (Wildman–Crippen MR) is 242 cm³/mol. The molecule has 56 heavy (non-hydrogen) atoms. The Balaban J connectivity index is 2.69. The van der Waals surface area contributed by atoms with Crippen LogP contribution in [0.25, 0.3) is 0 Å². The van der Waals surface area contributed by atoms with E-state index in [0.29, 0.717) is 26.3 Å². The van der Waals surface area contributed by atoms with Crippen LogP contribution < -0.4 is 5.32 Å². The van der Waals surface area contributed by atoms with Gasteiger partial charge in [0.25, 0.3) is 0 Å². The van der Waals surface area contributed by atoms with Gasteiger partial charge < -0.3 is 29.5 Å². The number of unbranched alkanes of at least 4 members (excludes halogenated alkanes) is 16. The van der Waals surface area contributed by atoms with Crippen LogP contribution in [-0.2, 0) is 19.1 Å². The monoisotopic (exact) mass is 809 g/mol. The minimum Gasteiger partial charge on any atom is -0.465 e. The van der Waals surface area contributed by atoms with Gasteiger partial charge in [0.2, 0.25) is 0 Å². The fourth-order valence-electron chi connectivity index (χ4n) is 7.83. The van der Waals surface area contributed by atoms with Crippen LogP contribution in [0.1, 0.15) is 201 Å². The summed E-state index contributed by atoms with van der Waals surface area (Å²) >= 11 is 5.94. The van der Waals surface area contributed by atoms with E-state index in [9.17, 15) is 9.59 Å². The molecule has 0 aliphatic carbocycles. The highest BCUT2D eigenvalue weighted by Crippen LogP contribution is 2.22. The number of likely N-dealkylation sites (N-methyl/N-ethyl adjacent to an activating group) is 1. The Hall–Kier alpha value is -1.45. The van der Waals surface area contributed by atoms with Crippen LogP contribution in [0.15, 0.2) is 0 Å². The van der Waals surface area contributed by atoms with Gasteiger partial charge in [-0.2, -0.15) is 0 Å². The summed E-state index contributed by atoms with van der Waals surface area (Å²) in [5, 5.41) is 4.27. The molecule has 1 N–H and O–H groups in total. The van der Waals surface area contributed by atoms with E-state index in [1.54, 1.807) is 0 Å². The van der Waals surface area contributed by atoms with Gasteiger partial charge in [0, 0.05) is 45.8 Å². The molecule has 0 radical (unpaired) electrons. The fourth-order valence-corrected chi connectivity index (χ4v) is 8.11. The third-order valence-electron chi connectivity index (χ3n) is 11.7. The summed E-state index contributed by atoms with van der Waals surface area (Å²) in [6.45, 7) is 17.6. The van der Waals surface area contributed by atoms with Crippen LogP contribution in [-0.4, -0.2) is 104 Å². The molecular weight excluding hydrogens is 717 g/mol. The first-order valence-electron chi connectivity index (χ1n) is 24.1. The summed E-state index contributed by atoms with van der Waals surface area (Å²) in [5.74, 6) is 0.0125. The lowest BCUT2D eigenvalue weighted by molar-refractivity contribution is -0.150. The van der Waals surface area contributed by atoms with Crippen molar-refractivity contribution in [3.05, 3.63) is 0 Å². The van der Waals surface area contributed by atoms with Gasteiger partial charge in [0.05, 0.1) is 25.0 Å². The maximum atomic E-state index is 13.3. The van der Waals surface area contributed by atoms with E-state index in [4.69, 9.17) is 21.7 Å². The number of hydrogen-bond acceptors (Lipinski definition) is 7. The van der Waals surface area contributed by atoms with Crippen molar-refractivity contribution in [3.8, 4) is 0 Å². The zero-order valence-corrected chi connectivity index (χ0v) is 38.5. The molecule has 1 rings (SSSR count). The maximum Gasteiger partial charge on any atom is 0.308 e. The van der Waals surface area contributed by atoms with E-state index in [-0.39, 0.29) is 23.8 Å². The van der Waals surface area contributed by atoms with E-state index in [2.05, 4.69) is 54.8 Å². The minimum absolute atomic E-state index is 0.0108. The number of carbonyl (C=O) groups excluding carboxylic acids is 2. The average Bonchev–Trinajstić information content (AvgIpc) is 3.20. The van der Waals surface area contributed by atoms with Gasteiger partial charge in [0.1, 0.15) is 0 Å². The number of rotatable bonds is 38. The van der Waals surface area contributed by atoms with Gasteiger partial charge in [-0.05, 0) is 70.8 Å². The summed E-state index contributed by atoms with van der Waals surface area (Å²) in [6, 6.07) is 0. The molecule has 1 saturated heterocycles. The van der Waals surface area contributed by atoms with E-state index in [1.807, 2.05) is 0 Å². The van der Waals surface area contributed by atoms with Crippen molar-refractivity contribution >= 4 is 29.3 Å². The first-order chi connectivity index (χ1) is 27.4. The molecule has 0 aromatic heterocycles. The van der Waals surface area contributed by atoms with Gasteiger partial charge in [-0.25, -0.2) is 0 Å². The highest BCUT2D eigenvalue weighted by atomic mass is 32.1. The van der Waals surface area contributed by atoms with Gasteiger partial charge in [-0.3, -0.25) is 9.59 Å². The Morgan fingerprint density at radius 2 is 0.929 bits per heavy atom. The SMILES string of the molecule is CCCCCCCCC(CCCCCC)C(=O)OCCCN(CCCOC(=O)C(CCCCCC)CCCCCCCC)C(=S)NCCCN1CCN(C)CC1. The molecule has 1 fully saturated rings. The van der Waals surface area contributed by atoms with Crippen LogP contribution >= 0.6 is 12.2 Å². The Kier molecular flexibility index (Phi) is 35.5. The number of carbonyl (C=O) groups is 2. The summed E-state index contributed by atoms with van der Waals surface area (Å²) in [4.78, 5) is 33.7. The predicted octanol–water partition coefficient (Wildman–Crippen LogP) is 11.3. The lowest BCUT2D eigenvalue weighted by atomic mass is 9.94. The number of ether oxygens (including phenoxy) is 2. The van der Waals surface area contributed by atoms with Crippen LogP contribution in [0.3, 0.4) is 0 Å². The molecule has 0 spiro atoms. The Labute approximate surface area is 352 Å². The molecule has 1 aliphatic heterocycles. The number of nitrogens with one attached hydrogen (secondary N) is 1. The molecule has 2 unspecified atom stereocenters. The van der Waals surface area contributed by atoms with Gasteiger partial charge in [0.15, 0.2) is 5.11 Å². The van der Waals surface area contributed by atoms with Crippen molar-refractivity contribution < 1.29 is 19.1 Å². The molecule has 0 amide bonds. The molecule has 1 heterocycles. The van der Waals surface area contributed by atoms with E-state index in [0.717, 1.165) is 115 Å². The summed E-state index contributed by atoms with van der Waals surface area (Å²) < 4.78 is 11.9. The topological polar surface area (TPSA) is 74.3 Å². The number of nitrogens with zero attached hydrogens (tertiary/aromatic N) is 3. The number of hydrogen-bond donors (Lipinski definition) is 1. The van der Waals surface area contributed by atoms with Crippen molar-refractivity contribution in [2.45, 2.75) is 201 Å². The summed E-state index contributed by atoms with van der Waals surface area (Å²) in [6.07, 6.45) is 30.7. The first kappa shape index (κ1) is 52.6. The van der Waals surface area contributed by atoms with Crippen LogP contribution in [0, 0.1) is 11.8 Å². The van der Waals surface area contributed by atoms with Crippen molar-refractivity contribution in [1.29, 1.82) is 0 Å². The standard InChI is InChI=1S/C47H92N4O4S/c1-6-10-14-18-20-24-31-43(29-22-16-12-8-3)45(52)54-41-27-35-51(47(56)48-33-26-34-50-39-37-49(5)38-40-50)36-28-42-55-46(53)44(30-23-17-13-9-4)32-25-21-19-15-11-7-2/h43-44H,6-42H2,1-5H3,(H,48,56). The van der Waals surface area contributed by atoms with Crippen molar-refractivity contribution in [1.82, 2.24) is 20.0 Å². The zero-order valence-electron chi connectivity index (χ0n) is 37.7. The lowest BCUT2D eigenvalue weighted by Gasteiger charge is -2.32. The molecule has 0 bridgehead atoms. The largest absolute Gasteiger partial charge is 0.465 e. The maximum absolute atomic E-state index is 13.3. The summed E-state index contributed by atoms with van der Waals surface area (Å²) in [5.41, 5.74) is 0. The lowest BCUT2D eigenvalue weighted by Crippen LogP contribution is -2.46. The van der Waals surface area contributed by atoms with E-state index < -0.39 is 0 Å². The quantitative estimate of drug-likeness (QED) is 0.0373. The second-order valence-corrected chi connectivity index (χ2v) is 17.4. The molecule has 8 nitrogen and oxygen atoms in total. The highest BCUT2D eigenvalue weighted by Gasteiger charge is 2.21. The van der Waals surface area contributed by atoms with E-state index >= 15 is 0 Å². The van der Waals surface area contributed by atoms with Gasteiger partial charge in [-0.1, -0.05) is 156 Å². The smallest absolute Gasteiger partial charge is 0.308 e. The Morgan fingerprint density at radius 3 is 1.34 bits per heavy atom. The molecule has 2 atom stereocenters. The zero-order chi connectivity index (χ0) is 40.9. The average molecular weight is 809 g/mol. The van der Waals surface area contributed by atoms with Gasteiger partial charge in [-0.15, -0.1) is 0 Å². The number of thiocarbonyl (C=S) groups is 1. The Morgan fingerprint density at radius 1 is 0.554 bits per heavy atom. The van der Waals surface area contributed by atoms with Crippen molar-refractivity contribution in [3.63, 3.8) is 0 Å². The van der Waals surface area contributed by atoms with E-state index in [1.165, 1.54) is 103 Å². The van der Waals surface area contributed by atoms with Crippen molar-refractivity contribution in [2.24, 2.45) is 11.8 Å². The molecule has 0 aromatic rings. The molecule has 330 valence electrons. The molecule has 0 saturated carbocycles. The second kappa shape index (κ2) is 37.8. The first-order valence-corrected chi connectivity index (χ1v) is 24.5. The third kappa shape index (κ3) is 28.9. The molecule has 9 heteroatoms. The molecule has 0 aromatic carbocycles. The summed E-state index contributed by atoms with van der Waals surface area (Å²) in [7, 11) is 2.20. The Bertz CT molecular complexity index is 880. The molecule has 1 aliphatic rings. The van der Waals surface area contributed by atoms with Gasteiger partial charge >= 0.3 is 11.9 Å². The second-order valence-electron chi connectivity index (χ2n) is 17.0. The number of piperazine rings is 1. The minimum atomic E-state index is -0.0108. The van der Waals surface area contributed by atoms with Crippen LogP contribution in [0.2, 0.25) is 0 Å².